The van der Waals surface area contributed by atoms with Gasteiger partial charge in [-0.3, -0.25) is 0 Å². The Morgan fingerprint density at radius 2 is 0.947 bits per heavy atom. The van der Waals surface area contributed by atoms with Gasteiger partial charge in [0.2, 0.25) is 0 Å². The van der Waals surface area contributed by atoms with Crippen LogP contribution in [-0.2, 0) is 0 Å². The maximum atomic E-state index is 6.46. The van der Waals surface area contributed by atoms with Crippen LogP contribution in [-0.4, -0.2) is 4.57 Å². The minimum absolute atomic E-state index is 0.902. The van der Waals surface area contributed by atoms with Crippen LogP contribution in [0.3, 0.4) is 0 Å². The molecule has 9 aromatic carbocycles. The summed E-state index contributed by atoms with van der Waals surface area (Å²) in [5.74, 6) is 0. The standard InChI is InChI=1S/C54H36N2O/c1-4-16-37(17-5-1)43-22-10-12-27-49(43)55(41-32-30-39(31-33-41)45-25-14-26-47-46-23-11-13-29-52(46)57-54(45)47)42-34-35-48-51(36-42)56(40-20-8-3-9-21-40)50-28-15-24-44(53(48)50)38-18-6-2-7-19-38/h1-36H. The van der Waals surface area contributed by atoms with Crippen LogP contribution < -0.4 is 4.90 Å². The number of nitrogens with zero attached hydrogens (tertiary/aromatic N) is 2. The van der Waals surface area contributed by atoms with Crippen LogP contribution in [0.1, 0.15) is 0 Å². The van der Waals surface area contributed by atoms with E-state index in [1.54, 1.807) is 0 Å². The lowest BCUT2D eigenvalue weighted by Gasteiger charge is -2.28. The van der Waals surface area contributed by atoms with Gasteiger partial charge >= 0.3 is 0 Å². The quantitative estimate of drug-likeness (QED) is 0.163. The third kappa shape index (κ3) is 5.51. The van der Waals surface area contributed by atoms with Crippen LogP contribution in [0.2, 0.25) is 0 Å². The topological polar surface area (TPSA) is 21.3 Å². The summed E-state index contributed by atoms with van der Waals surface area (Å²) in [7, 11) is 0. The Kier molecular flexibility index (Phi) is 7.82. The number of furan rings is 1. The first-order valence-electron chi connectivity index (χ1n) is 19.4. The van der Waals surface area contributed by atoms with Crippen molar-refractivity contribution in [3.05, 3.63) is 218 Å². The molecule has 11 rings (SSSR count). The zero-order valence-corrected chi connectivity index (χ0v) is 31.1. The molecule has 0 unspecified atom stereocenters. The molecular weight excluding hydrogens is 693 g/mol. The summed E-state index contributed by atoms with van der Waals surface area (Å²) in [5, 5.41) is 4.72. The Labute approximate surface area is 330 Å². The van der Waals surface area contributed by atoms with E-state index >= 15 is 0 Å². The average Bonchev–Trinajstić information content (AvgIpc) is 3.84. The van der Waals surface area contributed by atoms with Crippen LogP contribution in [0.5, 0.6) is 0 Å². The molecule has 0 radical (unpaired) electrons. The van der Waals surface area contributed by atoms with E-state index in [2.05, 4.69) is 216 Å². The lowest BCUT2D eigenvalue weighted by atomic mass is 9.99. The molecule has 0 saturated carbocycles. The summed E-state index contributed by atoms with van der Waals surface area (Å²) < 4.78 is 8.87. The Bertz CT molecular complexity index is 3220. The van der Waals surface area contributed by atoms with Gasteiger partial charge in [-0.05, 0) is 76.9 Å². The molecule has 0 aliphatic heterocycles. The second-order valence-corrected chi connectivity index (χ2v) is 14.5. The molecule has 3 nitrogen and oxygen atoms in total. The zero-order chi connectivity index (χ0) is 37.7. The second-order valence-electron chi connectivity index (χ2n) is 14.5. The third-order valence-corrected chi connectivity index (χ3v) is 11.2. The monoisotopic (exact) mass is 728 g/mol. The van der Waals surface area contributed by atoms with Crippen LogP contribution >= 0.6 is 0 Å². The van der Waals surface area contributed by atoms with Gasteiger partial charge < -0.3 is 13.9 Å². The predicted molar refractivity (Wildman–Crippen MR) is 239 cm³/mol. The first-order valence-corrected chi connectivity index (χ1v) is 19.4. The summed E-state index contributed by atoms with van der Waals surface area (Å²) in [6, 6.07) is 78.1. The first kappa shape index (κ1) is 32.8. The molecule has 2 aromatic heterocycles. The second kappa shape index (κ2) is 13.6. The van der Waals surface area contributed by atoms with E-state index in [4.69, 9.17) is 4.42 Å². The maximum Gasteiger partial charge on any atom is 0.143 e. The highest BCUT2D eigenvalue weighted by Crippen LogP contribution is 2.45. The van der Waals surface area contributed by atoms with E-state index in [1.165, 1.54) is 33.0 Å². The van der Waals surface area contributed by atoms with Crippen molar-refractivity contribution >= 4 is 60.8 Å². The maximum absolute atomic E-state index is 6.46. The summed E-state index contributed by atoms with van der Waals surface area (Å²) in [6.07, 6.45) is 0. The largest absolute Gasteiger partial charge is 0.455 e. The number of fused-ring (bicyclic) bond motifs is 6. The molecule has 0 fully saturated rings. The fourth-order valence-electron chi connectivity index (χ4n) is 8.63. The number of hydrogen-bond acceptors (Lipinski definition) is 2. The van der Waals surface area contributed by atoms with Crippen molar-refractivity contribution in [1.29, 1.82) is 0 Å². The van der Waals surface area contributed by atoms with Crippen molar-refractivity contribution in [2.24, 2.45) is 0 Å². The Balaban J connectivity index is 1.14. The molecule has 2 heterocycles. The number of benzene rings is 9. The van der Waals surface area contributed by atoms with Crippen molar-refractivity contribution < 1.29 is 4.42 Å². The van der Waals surface area contributed by atoms with Gasteiger partial charge in [0.25, 0.3) is 0 Å². The average molecular weight is 729 g/mol. The fourth-order valence-corrected chi connectivity index (χ4v) is 8.63. The molecule has 0 N–H and O–H groups in total. The van der Waals surface area contributed by atoms with Crippen LogP contribution in [0, 0.1) is 0 Å². The highest BCUT2D eigenvalue weighted by Gasteiger charge is 2.22. The molecular formula is C54H36N2O. The van der Waals surface area contributed by atoms with E-state index in [0.29, 0.717) is 0 Å². The van der Waals surface area contributed by atoms with E-state index in [-0.39, 0.29) is 0 Å². The minimum Gasteiger partial charge on any atom is -0.455 e. The number of para-hydroxylation sites is 4. The third-order valence-electron chi connectivity index (χ3n) is 11.2. The molecule has 268 valence electrons. The Morgan fingerprint density at radius 1 is 0.368 bits per heavy atom. The molecule has 0 bridgehead atoms. The molecule has 0 aliphatic rings. The van der Waals surface area contributed by atoms with Crippen molar-refractivity contribution in [3.8, 4) is 39.1 Å². The van der Waals surface area contributed by atoms with Gasteiger partial charge in [0.1, 0.15) is 11.2 Å². The van der Waals surface area contributed by atoms with E-state index in [9.17, 15) is 0 Å². The number of hydrogen-bond donors (Lipinski definition) is 0. The van der Waals surface area contributed by atoms with Gasteiger partial charge in [0.05, 0.1) is 16.7 Å². The van der Waals surface area contributed by atoms with Crippen molar-refractivity contribution in [2.75, 3.05) is 4.90 Å². The molecule has 57 heavy (non-hydrogen) atoms. The minimum atomic E-state index is 0.902. The van der Waals surface area contributed by atoms with Gasteiger partial charge in [-0.15, -0.1) is 0 Å². The van der Waals surface area contributed by atoms with Gasteiger partial charge in [-0.2, -0.15) is 0 Å². The molecule has 0 amide bonds. The lowest BCUT2D eigenvalue weighted by molar-refractivity contribution is 0.670. The van der Waals surface area contributed by atoms with E-state index < -0.39 is 0 Å². The summed E-state index contributed by atoms with van der Waals surface area (Å²) in [4.78, 5) is 2.40. The molecule has 0 aliphatic carbocycles. The van der Waals surface area contributed by atoms with Crippen molar-refractivity contribution in [3.63, 3.8) is 0 Å². The van der Waals surface area contributed by atoms with Gasteiger partial charge in [-0.25, -0.2) is 0 Å². The predicted octanol–water partition coefficient (Wildman–Crippen LogP) is 15.2. The smallest absolute Gasteiger partial charge is 0.143 e. The Hall–Kier alpha value is -7.62. The van der Waals surface area contributed by atoms with E-state index in [0.717, 1.165) is 66.9 Å². The van der Waals surface area contributed by atoms with Crippen molar-refractivity contribution in [2.45, 2.75) is 0 Å². The van der Waals surface area contributed by atoms with E-state index in [1.807, 2.05) is 12.1 Å². The van der Waals surface area contributed by atoms with Crippen molar-refractivity contribution in [1.82, 2.24) is 4.57 Å². The Morgan fingerprint density at radius 3 is 1.74 bits per heavy atom. The number of rotatable bonds is 7. The molecule has 0 saturated heterocycles. The van der Waals surface area contributed by atoms with Crippen LogP contribution in [0.15, 0.2) is 223 Å². The highest BCUT2D eigenvalue weighted by molar-refractivity contribution is 6.16. The molecule has 11 aromatic rings. The van der Waals surface area contributed by atoms with Gasteiger partial charge in [0.15, 0.2) is 0 Å². The summed E-state index contributed by atoms with van der Waals surface area (Å²) in [6.45, 7) is 0. The van der Waals surface area contributed by atoms with Gasteiger partial charge in [0, 0.05) is 49.7 Å². The number of aromatic nitrogens is 1. The molecule has 0 spiro atoms. The molecule has 3 heteroatoms. The molecule has 0 atom stereocenters. The lowest BCUT2D eigenvalue weighted by Crippen LogP contribution is -2.11. The van der Waals surface area contributed by atoms with Crippen LogP contribution in [0.4, 0.5) is 17.1 Å². The summed E-state index contributed by atoms with van der Waals surface area (Å²) in [5.41, 5.74) is 15.4. The fraction of sp³-hybridized carbons (Fsp3) is 0. The highest BCUT2D eigenvalue weighted by atomic mass is 16.3. The number of anilines is 3. The van der Waals surface area contributed by atoms with Gasteiger partial charge in [-0.1, -0.05) is 164 Å². The normalized spacial score (nSPS) is 11.5. The first-order chi connectivity index (χ1) is 28.3. The summed E-state index contributed by atoms with van der Waals surface area (Å²) >= 11 is 0. The zero-order valence-electron chi connectivity index (χ0n) is 31.1. The van der Waals surface area contributed by atoms with Crippen LogP contribution in [0.25, 0.3) is 82.8 Å². The SMILES string of the molecule is c1ccc(-c2ccccc2N(c2ccc(-c3cccc4c3oc3ccccc34)cc2)c2ccc3c4c(-c5ccccc5)cccc4n(-c4ccccc4)c3c2)cc1.